The van der Waals surface area contributed by atoms with Gasteiger partial charge in [-0.1, -0.05) is 0 Å². The highest BCUT2D eigenvalue weighted by Gasteiger charge is 2.22. The lowest BCUT2D eigenvalue weighted by Gasteiger charge is -2.06. The minimum Gasteiger partial charge on any atom is -0.385 e. The maximum Gasteiger partial charge on any atom is 0.220 e. The summed E-state index contributed by atoms with van der Waals surface area (Å²) in [5, 5.41) is 14.8. The van der Waals surface area contributed by atoms with Gasteiger partial charge in [-0.2, -0.15) is 5.26 Å². The van der Waals surface area contributed by atoms with E-state index in [4.69, 9.17) is 5.26 Å². The Morgan fingerprint density at radius 3 is 3.11 bits per heavy atom. The molecule has 0 aromatic carbocycles. The number of nitrogens with one attached hydrogen (secondary N) is 2. The second-order valence-corrected chi connectivity index (χ2v) is 4.41. The number of carbonyl (C=O) groups excluding carboxylic acids is 1. The first-order chi connectivity index (χ1) is 8.78. The number of aromatic nitrogens is 1. The van der Waals surface area contributed by atoms with Crippen molar-refractivity contribution in [2.45, 2.75) is 31.7 Å². The van der Waals surface area contributed by atoms with E-state index in [1.165, 1.54) is 0 Å². The van der Waals surface area contributed by atoms with Crippen LogP contribution >= 0.6 is 0 Å². The highest BCUT2D eigenvalue weighted by atomic mass is 16.1. The zero-order valence-electron chi connectivity index (χ0n) is 10.1. The Bertz CT molecular complexity index is 462. The number of carbonyl (C=O) groups is 1. The normalized spacial score (nSPS) is 13.7. The van der Waals surface area contributed by atoms with Crippen LogP contribution in [0, 0.1) is 11.3 Å². The second-order valence-electron chi connectivity index (χ2n) is 4.41. The molecule has 1 aromatic heterocycles. The van der Waals surface area contributed by atoms with Crippen LogP contribution in [0.3, 0.4) is 0 Å². The summed E-state index contributed by atoms with van der Waals surface area (Å²) in [4.78, 5) is 15.3. The van der Waals surface area contributed by atoms with Gasteiger partial charge >= 0.3 is 0 Å². The summed E-state index contributed by atoms with van der Waals surface area (Å²) in [7, 11) is 0. The molecule has 1 aliphatic carbocycles. The Balaban J connectivity index is 1.65. The minimum absolute atomic E-state index is 0.131. The lowest BCUT2D eigenvalue weighted by Crippen LogP contribution is -2.25. The number of hydrogen-bond acceptors (Lipinski definition) is 4. The third-order valence-electron chi connectivity index (χ3n) is 2.73. The molecule has 5 nitrogen and oxygen atoms in total. The van der Waals surface area contributed by atoms with Gasteiger partial charge in [0.05, 0.1) is 0 Å². The number of amides is 1. The zero-order valence-corrected chi connectivity index (χ0v) is 10.1. The van der Waals surface area contributed by atoms with Gasteiger partial charge in [-0.15, -0.1) is 0 Å². The smallest absolute Gasteiger partial charge is 0.220 e. The molecule has 1 heterocycles. The number of hydrogen-bond donors (Lipinski definition) is 2. The fourth-order valence-corrected chi connectivity index (χ4v) is 1.61. The van der Waals surface area contributed by atoms with Crippen LogP contribution in [-0.2, 0) is 4.79 Å². The predicted molar refractivity (Wildman–Crippen MR) is 67.8 cm³/mol. The quantitative estimate of drug-likeness (QED) is 0.742. The molecule has 0 saturated heterocycles. The maximum atomic E-state index is 11.4. The Morgan fingerprint density at radius 1 is 1.56 bits per heavy atom. The van der Waals surface area contributed by atoms with Crippen molar-refractivity contribution in [1.82, 2.24) is 10.3 Å². The summed E-state index contributed by atoms with van der Waals surface area (Å²) < 4.78 is 0. The molecule has 0 spiro atoms. The number of pyridine rings is 1. The summed E-state index contributed by atoms with van der Waals surface area (Å²) in [5.41, 5.74) is 1.26. The number of rotatable bonds is 6. The number of anilines is 1. The second kappa shape index (κ2) is 6.01. The summed E-state index contributed by atoms with van der Waals surface area (Å²) in [5.74, 6) is 0.131. The monoisotopic (exact) mass is 244 g/mol. The van der Waals surface area contributed by atoms with E-state index >= 15 is 0 Å². The van der Waals surface area contributed by atoms with Crippen molar-refractivity contribution in [2.24, 2.45) is 0 Å². The first kappa shape index (κ1) is 12.4. The summed E-state index contributed by atoms with van der Waals surface area (Å²) >= 11 is 0. The molecule has 18 heavy (non-hydrogen) atoms. The molecule has 94 valence electrons. The fourth-order valence-electron chi connectivity index (χ4n) is 1.61. The number of nitrogens with zero attached hydrogens (tertiary/aromatic N) is 2. The molecule has 1 saturated carbocycles. The van der Waals surface area contributed by atoms with Crippen molar-refractivity contribution in [1.29, 1.82) is 5.26 Å². The van der Waals surface area contributed by atoms with Crippen LogP contribution in [0.1, 0.15) is 31.4 Å². The summed E-state index contributed by atoms with van der Waals surface area (Å²) in [6.45, 7) is 0.715. The Labute approximate surface area is 106 Å². The lowest BCUT2D eigenvalue weighted by molar-refractivity contribution is -0.121. The van der Waals surface area contributed by atoms with Gasteiger partial charge in [0.25, 0.3) is 0 Å². The van der Waals surface area contributed by atoms with Gasteiger partial charge in [0, 0.05) is 30.9 Å². The molecular formula is C13H16N4O. The van der Waals surface area contributed by atoms with E-state index in [1.807, 2.05) is 12.1 Å². The van der Waals surface area contributed by atoms with Gasteiger partial charge < -0.3 is 10.6 Å². The van der Waals surface area contributed by atoms with E-state index in [0.717, 1.165) is 24.9 Å². The van der Waals surface area contributed by atoms with Gasteiger partial charge in [-0.25, -0.2) is 4.98 Å². The lowest BCUT2D eigenvalue weighted by atomic mass is 10.2. The van der Waals surface area contributed by atoms with Crippen LogP contribution < -0.4 is 10.6 Å². The summed E-state index contributed by atoms with van der Waals surface area (Å²) in [6.07, 6.45) is 5.17. The van der Waals surface area contributed by atoms with Crippen molar-refractivity contribution in [3.8, 4) is 6.07 Å². The topological polar surface area (TPSA) is 77.8 Å². The average molecular weight is 244 g/mol. The van der Waals surface area contributed by atoms with Crippen LogP contribution in [-0.4, -0.2) is 23.5 Å². The average Bonchev–Trinajstić information content (AvgIpc) is 3.19. The molecule has 1 amide bonds. The van der Waals surface area contributed by atoms with Crippen LogP contribution in [0.25, 0.3) is 0 Å². The largest absolute Gasteiger partial charge is 0.385 e. The standard InChI is InChI=1S/C13H16N4O/c14-9-12-8-11(5-7-16-12)15-6-1-2-13(18)17-10-3-4-10/h5,7-8,10H,1-4,6H2,(H,15,16)(H,17,18). The minimum atomic E-state index is 0.131. The van der Waals surface area contributed by atoms with Crippen molar-refractivity contribution < 1.29 is 4.79 Å². The third kappa shape index (κ3) is 4.06. The molecule has 1 aliphatic rings. The molecule has 1 aromatic rings. The first-order valence-electron chi connectivity index (χ1n) is 6.17. The van der Waals surface area contributed by atoms with E-state index < -0.39 is 0 Å². The molecule has 0 bridgehead atoms. The Hall–Kier alpha value is -2.09. The van der Waals surface area contributed by atoms with Gasteiger partial charge in [-0.3, -0.25) is 4.79 Å². The van der Waals surface area contributed by atoms with Crippen LogP contribution in [0.4, 0.5) is 5.69 Å². The van der Waals surface area contributed by atoms with E-state index in [0.29, 0.717) is 24.7 Å². The first-order valence-corrected chi connectivity index (χ1v) is 6.17. The SMILES string of the molecule is N#Cc1cc(NCCCC(=O)NC2CC2)ccn1. The van der Waals surface area contributed by atoms with Crippen molar-refractivity contribution >= 4 is 11.6 Å². The molecule has 5 heteroatoms. The van der Waals surface area contributed by atoms with Crippen molar-refractivity contribution in [3.63, 3.8) is 0 Å². The molecule has 0 atom stereocenters. The Morgan fingerprint density at radius 2 is 2.39 bits per heavy atom. The highest BCUT2D eigenvalue weighted by Crippen LogP contribution is 2.18. The van der Waals surface area contributed by atoms with E-state index in [2.05, 4.69) is 15.6 Å². The molecule has 0 radical (unpaired) electrons. The molecule has 1 fully saturated rings. The summed E-state index contributed by atoms with van der Waals surface area (Å²) in [6, 6.07) is 5.93. The zero-order chi connectivity index (χ0) is 12.8. The van der Waals surface area contributed by atoms with Crippen molar-refractivity contribution in [3.05, 3.63) is 24.0 Å². The molecule has 2 rings (SSSR count). The molecule has 0 unspecified atom stereocenters. The predicted octanol–water partition coefficient (Wildman–Crippen LogP) is 1.42. The number of nitriles is 1. The maximum absolute atomic E-state index is 11.4. The van der Waals surface area contributed by atoms with Gasteiger partial charge in [0.2, 0.25) is 5.91 Å². The van der Waals surface area contributed by atoms with E-state index in [9.17, 15) is 4.79 Å². The third-order valence-corrected chi connectivity index (χ3v) is 2.73. The van der Waals surface area contributed by atoms with Gasteiger partial charge in [0.1, 0.15) is 11.8 Å². The van der Waals surface area contributed by atoms with E-state index in [1.54, 1.807) is 12.3 Å². The van der Waals surface area contributed by atoms with Crippen LogP contribution in [0.15, 0.2) is 18.3 Å². The molecule has 2 N–H and O–H groups in total. The van der Waals surface area contributed by atoms with Gasteiger partial charge in [-0.05, 0) is 31.4 Å². The van der Waals surface area contributed by atoms with Crippen molar-refractivity contribution in [2.75, 3.05) is 11.9 Å². The van der Waals surface area contributed by atoms with E-state index in [-0.39, 0.29) is 5.91 Å². The molecule has 0 aliphatic heterocycles. The van der Waals surface area contributed by atoms with Crippen LogP contribution in [0.2, 0.25) is 0 Å². The van der Waals surface area contributed by atoms with Crippen LogP contribution in [0.5, 0.6) is 0 Å². The fraction of sp³-hybridized carbons (Fsp3) is 0.462. The molecular weight excluding hydrogens is 228 g/mol. The highest BCUT2D eigenvalue weighted by molar-refractivity contribution is 5.76. The van der Waals surface area contributed by atoms with Gasteiger partial charge in [0.15, 0.2) is 0 Å². The Kier molecular flexibility index (Phi) is 4.13.